The second-order valence-electron chi connectivity index (χ2n) is 2.75. The molecule has 0 radical (unpaired) electrons. The molecule has 1 heterocycles. The van der Waals surface area contributed by atoms with Crippen molar-refractivity contribution in [2.45, 2.75) is 24.4 Å². The average molecular weight is 164 g/mol. The van der Waals surface area contributed by atoms with Gasteiger partial charge >= 0.3 is 0 Å². The van der Waals surface area contributed by atoms with E-state index in [0.717, 1.165) is 0 Å². The summed E-state index contributed by atoms with van der Waals surface area (Å²) in [6, 6.07) is -0.392. The molecule has 0 unspecified atom stereocenters. The van der Waals surface area contributed by atoms with Gasteiger partial charge in [-0.05, 0) is 0 Å². The fourth-order valence-corrected chi connectivity index (χ4v) is 1.18. The molecule has 5 N–H and O–H groups in total. The first-order chi connectivity index (χ1) is 5.16. The van der Waals surface area contributed by atoms with E-state index >= 15 is 0 Å². The summed E-state index contributed by atoms with van der Waals surface area (Å²) in [5, 5.41) is 20.9. The van der Waals surface area contributed by atoms with Gasteiger partial charge in [-0.25, -0.2) is 4.39 Å². The monoisotopic (exact) mass is 164 g/mol. The molecule has 0 aromatic heterocycles. The van der Waals surface area contributed by atoms with E-state index in [1.165, 1.54) is 0 Å². The number of aliphatic hydroxyl groups excluding tert-OH is 2. The first-order valence-electron chi connectivity index (χ1n) is 3.60. The molecule has 0 aromatic rings. The molecule has 0 saturated carbocycles. The number of hydrogen-bond donors (Lipinski definition) is 4. The molecule has 1 saturated heterocycles. The van der Waals surface area contributed by atoms with Crippen molar-refractivity contribution in [2.24, 2.45) is 5.73 Å². The van der Waals surface area contributed by atoms with Gasteiger partial charge in [0.2, 0.25) is 0 Å². The summed E-state index contributed by atoms with van der Waals surface area (Å²) in [5.41, 5.74) is 5.25. The standard InChI is InChI=1S/C6H13FN2O2/c7-3-2-9-4(1-8)6(11)5(3)10/h3-6,9-11H,1-2,8H2/t3-,4-,5+,6-/m1/s1. The summed E-state index contributed by atoms with van der Waals surface area (Å²) in [5.74, 6) is 0. The van der Waals surface area contributed by atoms with Crippen molar-refractivity contribution >= 4 is 0 Å². The van der Waals surface area contributed by atoms with Crippen LogP contribution in [0, 0.1) is 0 Å². The Morgan fingerprint density at radius 1 is 1.45 bits per heavy atom. The molecule has 66 valence electrons. The summed E-state index contributed by atoms with van der Waals surface area (Å²) in [4.78, 5) is 0. The minimum atomic E-state index is -1.40. The van der Waals surface area contributed by atoms with Crippen molar-refractivity contribution in [1.29, 1.82) is 0 Å². The Kier molecular flexibility index (Phi) is 2.78. The van der Waals surface area contributed by atoms with E-state index in [1.54, 1.807) is 0 Å². The maximum Gasteiger partial charge on any atom is 0.141 e. The first kappa shape index (κ1) is 8.86. The lowest BCUT2D eigenvalue weighted by Gasteiger charge is -2.34. The second kappa shape index (κ2) is 3.44. The van der Waals surface area contributed by atoms with E-state index in [2.05, 4.69) is 5.32 Å². The van der Waals surface area contributed by atoms with Crippen molar-refractivity contribution < 1.29 is 14.6 Å². The Morgan fingerprint density at radius 2 is 2.09 bits per heavy atom. The van der Waals surface area contributed by atoms with E-state index in [-0.39, 0.29) is 13.1 Å². The van der Waals surface area contributed by atoms with Crippen molar-refractivity contribution in [2.75, 3.05) is 13.1 Å². The van der Waals surface area contributed by atoms with E-state index in [0.29, 0.717) is 0 Å². The number of piperidine rings is 1. The van der Waals surface area contributed by atoms with Crippen LogP contribution in [0.1, 0.15) is 0 Å². The van der Waals surface area contributed by atoms with E-state index in [9.17, 15) is 9.50 Å². The van der Waals surface area contributed by atoms with Gasteiger partial charge in [0.1, 0.15) is 12.3 Å². The van der Waals surface area contributed by atoms with Crippen LogP contribution < -0.4 is 11.1 Å². The molecule has 0 bridgehead atoms. The van der Waals surface area contributed by atoms with Gasteiger partial charge in [-0.1, -0.05) is 0 Å². The topological polar surface area (TPSA) is 78.5 Å². The third-order valence-corrected chi connectivity index (χ3v) is 1.96. The van der Waals surface area contributed by atoms with Gasteiger partial charge in [0.05, 0.1) is 6.10 Å². The average Bonchev–Trinajstić information content (AvgIpc) is 2.01. The molecule has 4 nitrogen and oxygen atoms in total. The molecule has 0 amide bonds. The van der Waals surface area contributed by atoms with Crippen LogP contribution in [-0.2, 0) is 0 Å². The van der Waals surface area contributed by atoms with Crippen LogP contribution in [0.15, 0.2) is 0 Å². The predicted octanol–water partition coefficient (Wildman–Crippen LogP) is -2.02. The summed E-state index contributed by atoms with van der Waals surface area (Å²) in [6.45, 7) is 0.255. The van der Waals surface area contributed by atoms with Crippen molar-refractivity contribution in [3.05, 3.63) is 0 Å². The number of halogens is 1. The van der Waals surface area contributed by atoms with Crippen molar-refractivity contribution in [3.63, 3.8) is 0 Å². The van der Waals surface area contributed by atoms with E-state index in [4.69, 9.17) is 10.8 Å². The van der Waals surface area contributed by atoms with Crippen LogP contribution >= 0.6 is 0 Å². The molecule has 1 rings (SSSR count). The minimum Gasteiger partial charge on any atom is -0.389 e. The Morgan fingerprint density at radius 3 is 2.64 bits per heavy atom. The highest BCUT2D eigenvalue weighted by Gasteiger charge is 2.36. The number of alkyl halides is 1. The number of nitrogens with one attached hydrogen (secondary N) is 1. The number of aliphatic hydroxyl groups is 2. The maximum absolute atomic E-state index is 12.6. The van der Waals surface area contributed by atoms with Crippen molar-refractivity contribution in [3.8, 4) is 0 Å². The molecule has 0 aromatic carbocycles. The van der Waals surface area contributed by atoms with Gasteiger partial charge in [-0.15, -0.1) is 0 Å². The van der Waals surface area contributed by atoms with Crippen LogP contribution in [0.3, 0.4) is 0 Å². The van der Waals surface area contributed by atoms with Crippen LogP contribution in [0.5, 0.6) is 0 Å². The Balaban J connectivity index is 2.52. The van der Waals surface area contributed by atoms with Crippen LogP contribution in [-0.4, -0.2) is 47.7 Å². The van der Waals surface area contributed by atoms with E-state index in [1.807, 2.05) is 0 Å². The molecule has 1 aliphatic heterocycles. The highest BCUT2D eigenvalue weighted by atomic mass is 19.1. The van der Waals surface area contributed by atoms with Crippen LogP contribution in [0.4, 0.5) is 4.39 Å². The van der Waals surface area contributed by atoms with E-state index < -0.39 is 24.4 Å². The summed E-state index contributed by atoms with van der Waals surface area (Å²) < 4.78 is 12.6. The molecule has 1 fully saturated rings. The Bertz CT molecular complexity index is 134. The third-order valence-electron chi connectivity index (χ3n) is 1.96. The lowest BCUT2D eigenvalue weighted by atomic mass is 9.97. The summed E-state index contributed by atoms with van der Waals surface area (Å²) in [7, 11) is 0. The number of rotatable bonds is 1. The Hall–Kier alpha value is -0.230. The predicted molar refractivity (Wildman–Crippen MR) is 37.8 cm³/mol. The smallest absolute Gasteiger partial charge is 0.141 e. The lowest BCUT2D eigenvalue weighted by Crippen LogP contribution is -2.60. The zero-order valence-corrected chi connectivity index (χ0v) is 6.07. The zero-order valence-electron chi connectivity index (χ0n) is 6.07. The first-order valence-corrected chi connectivity index (χ1v) is 3.60. The molecule has 0 aliphatic carbocycles. The minimum absolute atomic E-state index is 0.0556. The maximum atomic E-state index is 12.6. The molecule has 11 heavy (non-hydrogen) atoms. The van der Waals surface area contributed by atoms with Crippen LogP contribution in [0.25, 0.3) is 0 Å². The molecule has 5 heteroatoms. The molecular formula is C6H13FN2O2. The van der Waals surface area contributed by atoms with Crippen molar-refractivity contribution in [1.82, 2.24) is 5.32 Å². The van der Waals surface area contributed by atoms with Gasteiger partial charge in [0, 0.05) is 19.1 Å². The lowest BCUT2D eigenvalue weighted by molar-refractivity contribution is -0.0659. The normalized spacial score (nSPS) is 45.8. The number of nitrogens with two attached hydrogens (primary N) is 1. The van der Waals surface area contributed by atoms with Gasteiger partial charge in [0.15, 0.2) is 0 Å². The zero-order chi connectivity index (χ0) is 8.43. The Labute approximate surface area is 64.2 Å². The largest absolute Gasteiger partial charge is 0.389 e. The van der Waals surface area contributed by atoms with Gasteiger partial charge in [-0.2, -0.15) is 0 Å². The summed E-state index contributed by atoms with van der Waals surface area (Å²) >= 11 is 0. The molecule has 0 spiro atoms. The van der Waals surface area contributed by atoms with Gasteiger partial charge in [-0.3, -0.25) is 0 Å². The second-order valence-corrected chi connectivity index (χ2v) is 2.75. The summed E-state index contributed by atoms with van der Waals surface area (Å²) in [6.07, 6.45) is -3.79. The third kappa shape index (κ3) is 1.67. The van der Waals surface area contributed by atoms with Gasteiger partial charge < -0.3 is 21.3 Å². The fourth-order valence-electron chi connectivity index (χ4n) is 1.18. The number of hydrogen-bond acceptors (Lipinski definition) is 4. The van der Waals surface area contributed by atoms with Gasteiger partial charge in [0.25, 0.3) is 0 Å². The van der Waals surface area contributed by atoms with Crippen LogP contribution in [0.2, 0.25) is 0 Å². The SMILES string of the molecule is NC[C@H]1NC[C@@H](F)[C@H](O)[C@@H]1O. The molecule has 4 atom stereocenters. The molecular weight excluding hydrogens is 151 g/mol. The quantitative estimate of drug-likeness (QED) is 0.360. The molecule has 1 aliphatic rings. The highest BCUT2D eigenvalue weighted by molar-refractivity contribution is 4.92. The highest BCUT2D eigenvalue weighted by Crippen LogP contribution is 2.12. The fraction of sp³-hybridized carbons (Fsp3) is 1.00.